The first-order valence-electron chi connectivity index (χ1n) is 21.6. The van der Waals surface area contributed by atoms with Crippen LogP contribution in [-0.2, 0) is 20.8 Å². The number of hydrogen-bond acceptors (Lipinski definition) is 10. The molecule has 0 radical (unpaired) electrons. The lowest BCUT2D eigenvalue weighted by atomic mass is 9.55. The SMILES string of the molecule is C=CCOC12Oc3ccc(OCCN4CC4)cc3C3C(CCCCO)C(CCCCO)C=C(C(=NOC(C)(C)C)CC1N(CCC)C(=O)Cc1cccc(OC)c1)C32. The normalized spacial score (nSPS) is 25.5. The molecule has 2 aliphatic carbocycles. The van der Waals surface area contributed by atoms with Gasteiger partial charge in [-0.25, -0.2) is 0 Å². The number of aliphatic hydroxyl groups is 2. The fraction of sp³-hybridized carbons (Fsp3) is 0.617. The van der Waals surface area contributed by atoms with Gasteiger partial charge in [0, 0.05) is 57.3 Å². The molecule has 1 saturated carbocycles. The van der Waals surface area contributed by atoms with Gasteiger partial charge >= 0.3 is 0 Å². The van der Waals surface area contributed by atoms with Crippen LogP contribution in [0.3, 0.4) is 0 Å². The summed E-state index contributed by atoms with van der Waals surface area (Å²) in [5, 5.41) is 24.8. The largest absolute Gasteiger partial charge is 0.497 e. The number of nitrogens with zero attached hydrogens (tertiary/aromatic N) is 3. The fourth-order valence-electron chi connectivity index (χ4n) is 9.27. The molecule has 2 heterocycles. The monoisotopic (exact) mass is 801 g/mol. The Bertz CT molecular complexity index is 1750. The van der Waals surface area contributed by atoms with E-state index < -0.39 is 17.4 Å². The lowest BCUT2D eigenvalue weighted by Gasteiger charge is -2.60. The maximum atomic E-state index is 14.8. The third kappa shape index (κ3) is 10.3. The van der Waals surface area contributed by atoms with E-state index in [0.29, 0.717) is 31.7 Å². The Morgan fingerprint density at radius 3 is 2.53 bits per heavy atom. The summed E-state index contributed by atoms with van der Waals surface area (Å²) in [4.78, 5) is 25.4. The lowest BCUT2D eigenvalue weighted by Crippen LogP contribution is -2.70. The average Bonchev–Trinajstić information content (AvgIpc) is 4.04. The van der Waals surface area contributed by atoms with Gasteiger partial charge in [0.2, 0.25) is 11.7 Å². The van der Waals surface area contributed by atoms with Gasteiger partial charge < -0.3 is 38.9 Å². The van der Waals surface area contributed by atoms with Crippen LogP contribution in [0.2, 0.25) is 0 Å². The highest BCUT2D eigenvalue weighted by Gasteiger charge is 2.65. The van der Waals surface area contributed by atoms with E-state index >= 15 is 0 Å². The van der Waals surface area contributed by atoms with E-state index in [9.17, 15) is 15.0 Å². The second-order valence-electron chi connectivity index (χ2n) is 17.3. The summed E-state index contributed by atoms with van der Waals surface area (Å²) >= 11 is 0. The van der Waals surface area contributed by atoms with Gasteiger partial charge in [-0.05, 0) is 106 Å². The van der Waals surface area contributed by atoms with E-state index in [1.54, 1.807) is 13.2 Å². The summed E-state index contributed by atoms with van der Waals surface area (Å²) in [6.45, 7) is 16.8. The number of unbranched alkanes of at least 4 members (excludes halogenated alkanes) is 2. The van der Waals surface area contributed by atoms with Crippen molar-refractivity contribution in [3.8, 4) is 17.2 Å². The molecule has 0 aromatic heterocycles. The molecule has 0 bridgehead atoms. The molecule has 1 amide bonds. The van der Waals surface area contributed by atoms with Crippen molar-refractivity contribution < 1.29 is 38.8 Å². The van der Waals surface area contributed by atoms with Crippen molar-refractivity contribution in [1.29, 1.82) is 0 Å². The number of hydrogen-bond donors (Lipinski definition) is 2. The van der Waals surface area contributed by atoms with Crippen molar-refractivity contribution in [2.24, 2.45) is 22.9 Å². The van der Waals surface area contributed by atoms with Crippen LogP contribution in [0, 0.1) is 17.8 Å². The molecule has 2 N–H and O–H groups in total. The quantitative estimate of drug-likeness (QED) is 0.0547. The minimum Gasteiger partial charge on any atom is -0.497 e. The number of allylic oxidation sites excluding steroid dienone is 1. The van der Waals surface area contributed by atoms with E-state index in [1.807, 2.05) is 62.1 Å². The Morgan fingerprint density at radius 2 is 1.84 bits per heavy atom. The Balaban J connectivity index is 1.55. The maximum Gasteiger partial charge on any atom is 0.239 e. The lowest BCUT2D eigenvalue weighted by molar-refractivity contribution is -0.257. The van der Waals surface area contributed by atoms with Gasteiger partial charge in [-0.3, -0.25) is 9.69 Å². The van der Waals surface area contributed by atoms with Crippen LogP contribution in [0.5, 0.6) is 17.2 Å². The Hall–Kier alpha value is -3.90. The number of amides is 1. The van der Waals surface area contributed by atoms with Gasteiger partial charge in [-0.2, -0.15) is 0 Å². The Kier molecular flexibility index (Phi) is 15.0. The van der Waals surface area contributed by atoms with Crippen LogP contribution in [0.25, 0.3) is 0 Å². The van der Waals surface area contributed by atoms with Crippen molar-refractivity contribution in [2.45, 2.75) is 109 Å². The molecule has 11 nitrogen and oxygen atoms in total. The van der Waals surface area contributed by atoms with E-state index in [-0.39, 0.29) is 55.8 Å². The highest BCUT2D eigenvalue weighted by Crippen LogP contribution is 2.62. The third-order valence-electron chi connectivity index (χ3n) is 11.9. The first-order valence-corrected chi connectivity index (χ1v) is 21.6. The van der Waals surface area contributed by atoms with Crippen LogP contribution in [-0.4, -0.2) is 109 Å². The molecule has 318 valence electrons. The standard InChI is InChI=1S/C47H67N3O8/c1-7-20-50(43(53)29-33-14-13-16-35(28-33)54-6)42-32-40(48-58-46(3,4)5)38-30-34(15-9-11-24-51)37(17-10-12-25-52)44-39-31-36(55-27-23-49-21-22-49)18-19-41(39)57-47(42,45(38)44)56-26-8-2/h8,13-14,16,18-19,28,30-31,34,37,42,44-45,51-52H,2,7,9-12,15,17,20-27,29,32H2,1,3-6H3. The van der Waals surface area contributed by atoms with Gasteiger partial charge in [0.15, 0.2) is 0 Å². The Labute approximate surface area is 346 Å². The van der Waals surface area contributed by atoms with Crippen molar-refractivity contribution >= 4 is 11.6 Å². The highest BCUT2D eigenvalue weighted by molar-refractivity contribution is 6.03. The van der Waals surface area contributed by atoms with Gasteiger partial charge in [-0.15, -0.1) is 6.58 Å². The summed E-state index contributed by atoms with van der Waals surface area (Å²) in [5.41, 5.74) is 3.18. The molecular formula is C47H67N3O8. The van der Waals surface area contributed by atoms with E-state index in [2.05, 4.69) is 30.5 Å². The maximum absolute atomic E-state index is 14.8. The van der Waals surface area contributed by atoms with Gasteiger partial charge in [0.05, 0.1) is 31.8 Å². The molecule has 6 rings (SSSR count). The van der Waals surface area contributed by atoms with E-state index in [1.165, 1.54) is 0 Å². The number of rotatable bonds is 22. The molecule has 6 unspecified atom stereocenters. The third-order valence-corrected chi connectivity index (χ3v) is 11.9. The summed E-state index contributed by atoms with van der Waals surface area (Å²) < 4.78 is 26.4. The van der Waals surface area contributed by atoms with Gasteiger partial charge in [0.25, 0.3) is 0 Å². The van der Waals surface area contributed by atoms with Crippen LogP contribution in [0.4, 0.5) is 0 Å². The van der Waals surface area contributed by atoms with Gasteiger partial charge in [0.1, 0.15) is 35.5 Å². The second-order valence-corrected chi connectivity index (χ2v) is 17.3. The van der Waals surface area contributed by atoms with Crippen LogP contribution >= 0.6 is 0 Å². The zero-order chi connectivity index (χ0) is 41.3. The van der Waals surface area contributed by atoms with Crippen molar-refractivity contribution in [1.82, 2.24) is 9.80 Å². The number of methoxy groups -OCH3 is 1. The number of benzene rings is 2. The molecule has 6 atom stereocenters. The predicted octanol–water partition coefficient (Wildman–Crippen LogP) is 7.30. The zero-order valence-electron chi connectivity index (χ0n) is 35.5. The molecule has 2 aromatic rings. The van der Waals surface area contributed by atoms with Crippen molar-refractivity contribution in [2.75, 3.05) is 59.7 Å². The molecule has 0 spiro atoms. The summed E-state index contributed by atoms with van der Waals surface area (Å²) in [6.07, 6.45) is 10.3. The van der Waals surface area contributed by atoms with Crippen LogP contribution in [0.15, 0.2) is 71.9 Å². The molecule has 58 heavy (non-hydrogen) atoms. The molecule has 4 aliphatic rings. The predicted molar refractivity (Wildman–Crippen MR) is 226 cm³/mol. The number of ether oxygens (including phenoxy) is 4. The van der Waals surface area contributed by atoms with Crippen molar-refractivity contribution in [3.05, 3.63) is 77.9 Å². The molecule has 1 saturated heterocycles. The number of oxime groups is 1. The van der Waals surface area contributed by atoms with E-state index in [4.69, 9.17) is 28.9 Å². The molecular weight excluding hydrogens is 735 g/mol. The summed E-state index contributed by atoms with van der Waals surface area (Å²) in [6, 6.07) is 13.3. The van der Waals surface area contributed by atoms with Gasteiger partial charge in [-0.1, -0.05) is 49.2 Å². The highest BCUT2D eigenvalue weighted by atomic mass is 16.7. The second kappa shape index (κ2) is 19.9. The minimum absolute atomic E-state index is 0.0384. The number of fused-ring (bicyclic) bond motifs is 2. The summed E-state index contributed by atoms with van der Waals surface area (Å²) in [7, 11) is 1.63. The Morgan fingerprint density at radius 1 is 1.07 bits per heavy atom. The van der Waals surface area contributed by atoms with E-state index in [0.717, 1.165) is 92.1 Å². The zero-order valence-corrected chi connectivity index (χ0v) is 35.5. The number of carbonyl (C=O) groups excluding carboxylic acids is 1. The molecule has 2 aromatic carbocycles. The topological polar surface area (TPSA) is 122 Å². The average molecular weight is 802 g/mol. The first kappa shape index (κ1) is 43.7. The van der Waals surface area contributed by atoms with Crippen LogP contribution < -0.4 is 14.2 Å². The molecule has 2 aliphatic heterocycles. The number of aliphatic hydroxyl groups excluding tert-OH is 2. The molecule has 2 fully saturated rings. The van der Waals surface area contributed by atoms with Crippen LogP contribution in [0.1, 0.15) is 96.1 Å². The molecule has 11 heteroatoms. The minimum atomic E-state index is -1.30. The first-order chi connectivity index (χ1) is 28.0. The summed E-state index contributed by atoms with van der Waals surface area (Å²) in [5.74, 6) is 0.682. The number of carbonyl (C=O) groups is 1. The fourth-order valence-corrected chi connectivity index (χ4v) is 9.27. The van der Waals surface area contributed by atoms with Crippen molar-refractivity contribution in [3.63, 3.8) is 0 Å². The smallest absolute Gasteiger partial charge is 0.239 e.